The second-order valence-electron chi connectivity index (χ2n) is 5.65. The summed E-state index contributed by atoms with van der Waals surface area (Å²) in [6.45, 7) is 4.14. The van der Waals surface area contributed by atoms with E-state index in [-0.39, 0.29) is 12.4 Å². The quantitative estimate of drug-likeness (QED) is 0.815. The lowest BCUT2D eigenvalue weighted by Crippen LogP contribution is -2.48. The average molecular weight is 305 g/mol. The second-order valence-corrected chi connectivity index (χ2v) is 5.65. The summed E-state index contributed by atoms with van der Waals surface area (Å²) in [4.78, 5) is 25.3. The van der Waals surface area contributed by atoms with Crippen LogP contribution in [0.25, 0.3) is 0 Å². The molecule has 1 N–H and O–H groups in total. The molecule has 120 valence electrons. The number of benzene rings is 1. The number of carbonyl (C=O) groups is 2. The summed E-state index contributed by atoms with van der Waals surface area (Å²) in [6.07, 6.45) is 1.46. The van der Waals surface area contributed by atoms with Crippen molar-refractivity contribution >= 4 is 11.9 Å². The van der Waals surface area contributed by atoms with E-state index in [0.717, 1.165) is 5.56 Å². The van der Waals surface area contributed by atoms with Gasteiger partial charge in [-0.2, -0.15) is 0 Å². The first-order valence-electron chi connectivity index (χ1n) is 7.75. The molecule has 0 aliphatic carbocycles. The molecule has 1 saturated heterocycles. The topological polar surface area (TPSA) is 66.8 Å². The van der Waals surface area contributed by atoms with E-state index in [1.807, 2.05) is 37.3 Å². The van der Waals surface area contributed by atoms with Gasteiger partial charge in [-0.3, -0.25) is 9.59 Å². The van der Waals surface area contributed by atoms with E-state index in [1.54, 1.807) is 0 Å². The maximum absolute atomic E-state index is 12.6. The standard InChI is InChI=1S/C17H23NO4/c1-2-22-16(21)17(14-6-4-3-5-7-14)9-12-18(13-10-17)11-8-15(19)20/h3-7H,2,8-13H2,1H3,(H,19,20). The van der Waals surface area contributed by atoms with E-state index in [4.69, 9.17) is 9.84 Å². The second kappa shape index (κ2) is 7.40. The van der Waals surface area contributed by atoms with Crippen LogP contribution in [-0.4, -0.2) is 48.2 Å². The lowest BCUT2D eigenvalue weighted by atomic mass is 9.72. The number of esters is 1. The van der Waals surface area contributed by atoms with Crippen LogP contribution >= 0.6 is 0 Å². The minimum atomic E-state index is -0.787. The van der Waals surface area contributed by atoms with Crippen LogP contribution in [0.4, 0.5) is 0 Å². The molecule has 0 aromatic heterocycles. The molecule has 5 nitrogen and oxygen atoms in total. The van der Waals surface area contributed by atoms with Gasteiger partial charge in [0, 0.05) is 6.54 Å². The maximum atomic E-state index is 12.6. The molecule has 1 aromatic rings. The monoisotopic (exact) mass is 305 g/mol. The minimum absolute atomic E-state index is 0.137. The molecule has 1 heterocycles. The molecule has 2 rings (SSSR count). The van der Waals surface area contributed by atoms with Crippen molar-refractivity contribution in [3.8, 4) is 0 Å². The molecule has 0 spiro atoms. The number of hydrogen-bond donors (Lipinski definition) is 1. The smallest absolute Gasteiger partial charge is 0.316 e. The lowest BCUT2D eigenvalue weighted by Gasteiger charge is -2.40. The number of likely N-dealkylation sites (tertiary alicyclic amines) is 1. The van der Waals surface area contributed by atoms with Gasteiger partial charge in [-0.15, -0.1) is 0 Å². The Bertz CT molecular complexity index is 507. The van der Waals surface area contributed by atoms with Gasteiger partial charge >= 0.3 is 11.9 Å². The summed E-state index contributed by atoms with van der Waals surface area (Å²) in [5.41, 5.74) is 0.392. The number of nitrogens with zero attached hydrogens (tertiary/aromatic N) is 1. The fraction of sp³-hybridized carbons (Fsp3) is 0.529. The number of piperidine rings is 1. The van der Waals surface area contributed by atoms with Gasteiger partial charge in [0.1, 0.15) is 0 Å². The minimum Gasteiger partial charge on any atom is -0.481 e. The zero-order valence-electron chi connectivity index (χ0n) is 13.0. The highest BCUT2D eigenvalue weighted by molar-refractivity contribution is 5.83. The van der Waals surface area contributed by atoms with Crippen molar-refractivity contribution in [1.29, 1.82) is 0 Å². The van der Waals surface area contributed by atoms with Crippen molar-refractivity contribution in [3.63, 3.8) is 0 Å². The van der Waals surface area contributed by atoms with E-state index in [0.29, 0.717) is 39.1 Å². The van der Waals surface area contributed by atoms with E-state index in [1.165, 1.54) is 0 Å². The van der Waals surface area contributed by atoms with E-state index in [2.05, 4.69) is 4.90 Å². The molecule has 1 fully saturated rings. The highest BCUT2D eigenvalue weighted by Crippen LogP contribution is 2.36. The molecule has 0 atom stereocenters. The predicted octanol–water partition coefficient (Wildman–Crippen LogP) is 2.06. The highest BCUT2D eigenvalue weighted by atomic mass is 16.5. The Morgan fingerprint density at radius 1 is 1.23 bits per heavy atom. The zero-order chi connectivity index (χ0) is 16.0. The predicted molar refractivity (Wildman–Crippen MR) is 82.7 cm³/mol. The van der Waals surface area contributed by atoms with Crippen LogP contribution in [0.15, 0.2) is 30.3 Å². The van der Waals surface area contributed by atoms with Crippen molar-refractivity contribution in [2.24, 2.45) is 0 Å². The van der Waals surface area contributed by atoms with E-state index < -0.39 is 11.4 Å². The number of rotatable bonds is 6. The van der Waals surface area contributed by atoms with Gasteiger partial charge < -0.3 is 14.7 Å². The number of carboxylic acid groups (broad SMARTS) is 1. The summed E-state index contributed by atoms with van der Waals surface area (Å²) in [5, 5.41) is 8.78. The summed E-state index contributed by atoms with van der Waals surface area (Å²) in [7, 11) is 0. The number of aliphatic carboxylic acids is 1. The SMILES string of the molecule is CCOC(=O)C1(c2ccccc2)CCN(CCC(=O)O)CC1. The molecule has 0 unspecified atom stereocenters. The Morgan fingerprint density at radius 3 is 2.41 bits per heavy atom. The molecular weight excluding hydrogens is 282 g/mol. The van der Waals surface area contributed by atoms with Crippen molar-refractivity contribution in [2.45, 2.75) is 31.6 Å². The molecule has 0 bridgehead atoms. The largest absolute Gasteiger partial charge is 0.481 e. The van der Waals surface area contributed by atoms with Gasteiger partial charge in [-0.1, -0.05) is 30.3 Å². The third-order valence-corrected chi connectivity index (χ3v) is 4.34. The molecule has 1 aliphatic heterocycles. The van der Waals surface area contributed by atoms with Gasteiger partial charge in [0.05, 0.1) is 18.4 Å². The van der Waals surface area contributed by atoms with Crippen LogP contribution < -0.4 is 0 Å². The molecule has 1 aromatic carbocycles. The van der Waals surface area contributed by atoms with Crippen LogP contribution in [0.3, 0.4) is 0 Å². The average Bonchev–Trinajstić information content (AvgIpc) is 2.54. The Balaban J connectivity index is 2.12. The first-order valence-corrected chi connectivity index (χ1v) is 7.75. The van der Waals surface area contributed by atoms with Crippen molar-refractivity contribution in [1.82, 2.24) is 4.90 Å². The first kappa shape index (κ1) is 16.5. The van der Waals surface area contributed by atoms with Crippen molar-refractivity contribution in [3.05, 3.63) is 35.9 Å². The van der Waals surface area contributed by atoms with Gasteiger partial charge in [-0.05, 0) is 38.4 Å². The molecule has 0 amide bonds. The molecular formula is C17H23NO4. The Kier molecular flexibility index (Phi) is 5.55. The highest BCUT2D eigenvalue weighted by Gasteiger charge is 2.44. The number of carbonyl (C=O) groups excluding carboxylic acids is 1. The van der Waals surface area contributed by atoms with Crippen LogP contribution in [0.1, 0.15) is 31.7 Å². The normalized spacial score (nSPS) is 17.9. The summed E-state index contributed by atoms with van der Waals surface area (Å²) >= 11 is 0. The molecule has 1 aliphatic rings. The molecule has 22 heavy (non-hydrogen) atoms. The summed E-state index contributed by atoms with van der Waals surface area (Å²) in [5.74, 6) is -0.954. The van der Waals surface area contributed by atoms with E-state index >= 15 is 0 Å². The van der Waals surface area contributed by atoms with Crippen LogP contribution in [0, 0.1) is 0 Å². The van der Waals surface area contributed by atoms with Gasteiger partial charge in [0.25, 0.3) is 0 Å². The number of hydrogen-bond acceptors (Lipinski definition) is 4. The summed E-state index contributed by atoms with van der Waals surface area (Å²) < 4.78 is 5.32. The Morgan fingerprint density at radius 2 is 1.86 bits per heavy atom. The van der Waals surface area contributed by atoms with Crippen LogP contribution in [-0.2, 0) is 19.7 Å². The summed E-state index contributed by atoms with van der Waals surface area (Å²) in [6, 6.07) is 9.76. The molecule has 5 heteroatoms. The maximum Gasteiger partial charge on any atom is 0.316 e. The van der Waals surface area contributed by atoms with Crippen LogP contribution in [0.5, 0.6) is 0 Å². The Labute approximate surface area is 130 Å². The fourth-order valence-electron chi connectivity index (χ4n) is 3.05. The molecule has 0 saturated carbocycles. The zero-order valence-corrected chi connectivity index (χ0v) is 13.0. The fourth-order valence-corrected chi connectivity index (χ4v) is 3.05. The number of carboxylic acids is 1. The number of ether oxygens (including phenoxy) is 1. The first-order chi connectivity index (χ1) is 10.6. The third kappa shape index (κ3) is 3.65. The third-order valence-electron chi connectivity index (χ3n) is 4.34. The van der Waals surface area contributed by atoms with Gasteiger partial charge in [0.2, 0.25) is 0 Å². The van der Waals surface area contributed by atoms with Crippen molar-refractivity contribution in [2.75, 3.05) is 26.2 Å². The van der Waals surface area contributed by atoms with Gasteiger partial charge in [-0.25, -0.2) is 0 Å². The van der Waals surface area contributed by atoms with Gasteiger partial charge in [0.15, 0.2) is 0 Å². The van der Waals surface area contributed by atoms with Crippen molar-refractivity contribution < 1.29 is 19.4 Å². The van der Waals surface area contributed by atoms with E-state index in [9.17, 15) is 9.59 Å². The lowest BCUT2D eigenvalue weighted by molar-refractivity contribution is -0.152. The van der Waals surface area contributed by atoms with Crippen LogP contribution in [0.2, 0.25) is 0 Å². The Hall–Kier alpha value is -1.88. The molecule has 0 radical (unpaired) electrons.